The molecule has 1 aliphatic carbocycles. The molecule has 0 amide bonds. The Kier molecular flexibility index (Phi) is 5.31. The highest BCUT2D eigenvalue weighted by molar-refractivity contribution is 7.13. The van der Waals surface area contributed by atoms with Crippen LogP contribution < -0.4 is 5.73 Å². The van der Waals surface area contributed by atoms with Crippen LogP contribution in [0, 0.1) is 11.8 Å². The molecule has 3 unspecified atom stereocenters. The Morgan fingerprint density at radius 2 is 2.17 bits per heavy atom. The zero-order valence-electron chi connectivity index (χ0n) is 13.1. The molecule has 124 valence electrons. The van der Waals surface area contributed by atoms with E-state index in [1.54, 1.807) is 11.3 Å². The zero-order valence-corrected chi connectivity index (χ0v) is 14.7. The predicted octanol–water partition coefficient (Wildman–Crippen LogP) is 3.19. The Morgan fingerprint density at radius 3 is 2.96 bits per heavy atom. The third-order valence-corrected chi connectivity index (χ3v) is 5.96. The van der Waals surface area contributed by atoms with Crippen molar-refractivity contribution in [1.29, 1.82) is 0 Å². The average Bonchev–Trinajstić information content (AvgIpc) is 3.16. The van der Waals surface area contributed by atoms with Gasteiger partial charge in [-0.1, -0.05) is 12.5 Å². The molecule has 6 heteroatoms. The zero-order chi connectivity index (χ0) is 14.9. The average molecular weight is 351 g/mol. The molecule has 4 nitrogen and oxygen atoms in total. The first-order valence-corrected chi connectivity index (χ1v) is 9.01. The Bertz CT molecular complexity index is 633. The number of halogens is 1. The summed E-state index contributed by atoms with van der Waals surface area (Å²) in [5.74, 6) is 1.50. The van der Waals surface area contributed by atoms with E-state index < -0.39 is 0 Å². The number of fused-ring (bicyclic) bond motifs is 1. The first-order chi connectivity index (χ1) is 10.8. The van der Waals surface area contributed by atoms with E-state index in [4.69, 9.17) is 10.7 Å². The fourth-order valence-corrected chi connectivity index (χ4v) is 4.74. The minimum atomic E-state index is 0. The van der Waals surface area contributed by atoms with Gasteiger partial charge in [-0.25, -0.2) is 4.98 Å². The summed E-state index contributed by atoms with van der Waals surface area (Å²) in [4.78, 5) is 11.7. The highest BCUT2D eigenvalue weighted by Crippen LogP contribution is 2.36. The van der Waals surface area contributed by atoms with Crippen LogP contribution in [0.3, 0.4) is 0 Å². The number of hydrogen-bond acceptors (Lipinski definition) is 5. The molecular formula is C17H23ClN4S. The van der Waals surface area contributed by atoms with Gasteiger partial charge in [-0.05, 0) is 36.8 Å². The van der Waals surface area contributed by atoms with Crippen LogP contribution in [0.4, 0.5) is 0 Å². The summed E-state index contributed by atoms with van der Waals surface area (Å²) >= 11 is 1.69. The van der Waals surface area contributed by atoms with Crippen LogP contribution in [0.2, 0.25) is 0 Å². The predicted molar refractivity (Wildman–Crippen MR) is 96.7 cm³/mol. The first-order valence-electron chi connectivity index (χ1n) is 8.13. The van der Waals surface area contributed by atoms with E-state index in [-0.39, 0.29) is 12.4 Å². The van der Waals surface area contributed by atoms with Crippen LogP contribution >= 0.6 is 23.7 Å². The Labute approximate surface area is 147 Å². The lowest BCUT2D eigenvalue weighted by molar-refractivity contribution is 0.259. The molecule has 1 aliphatic heterocycles. The van der Waals surface area contributed by atoms with E-state index in [0.717, 1.165) is 35.4 Å². The van der Waals surface area contributed by atoms with Crippen molar-refractivity contribution in [2.24, 2.45) is 17.6 Å². The third kappa shape index (κ3) is 3.58. The fraction of sp³-hybridized carbons (Fsp3) is 0.529. The lowest BCUT2D eigenvalue weighted by atomic mass is 9.78. The van der Waals surface area contributed by atoms with Gasteiger partial charge in [-0.15, -0.1) is 23.7 Å². The van der Waals surface area contributed by atoms with Gasteiger partial charge in [0.05, 0.1) is 11.4 Å². The summed E-state index contributed by atoms with van der Waals surface area (Å²) in [7, 11) is 0. The number of rotatable bonds is 3. The Morgan fingerprint density at radius 1 is 1.26 bits per heavy atom. The number of nitrogens with two attached hydrogens (primary N) is 1. The molecule has 23 heavy (non-hydrogen) atoms. The largest absolute Gasteiger partial charge is 0.327 e. The molecule has 1 saturated heterocycles. The van der Waals surface area contributed by atoms with Gasteiger partial charge in [0, 0.05) is 37.3 Å². The minimum absolute atomic E-state index is 0. The van der Waals surface area contributed by atoms with Crippen LogP contribution in [0.1, 0.15) is 25.0 Å². The van der Waals surface area contributed by atoms with Gasteiger partial charge in [0.25, 0.3) is 0 Å². The second-order valence-electron chi connectivity index (χ2n) is 6.57. The van der Waals surface area contributed by atoms with Crippen molar-refractivity contribution in [3.05, 3.63) is 35.5 Å². The molecule has 2 aromatic heterocycles. The molecule has 2 aliphatic rings. The quantitative estimate of drug-likeness (QED) is 0.923. The number of thiazole rings is 1. The number of hydrogen-bond donors (Lipinski definition) is 1. The van der Waals surface area contributed by atoms with Gasteiger partial charge >= 0.3 is 0 Å². The molecule has 2 fully saturated rings. The maximum atomic E-state index is 6.31. The van der Waals surface area contributed by atoms with Gasteiger partial charge in [-0.3, -0.25) is 9.88 Å². The summed E-state index contributed by atoms with van der Waals surface area (Å²) in [5.41, 5.74) is 8.44. The van der Waals surface area contributed by atoms with Crippen LogP contribution in [-0.4, -0.2) is 34.0 Å². The molecular weight excluding hydrogens is 328 g/mol. The first kappa shape index (κ1) is 16.8. The van der Waals surface area contributed by atoms with E-state index in [9.17, 15) is 0 Å². The molecule has 3 atom stereocenters. The summed E-state index contributed by atoms with van der Waals surface area (Å²) in [6.07, 6.45) is 5.68. The fourth-order valence-electron chi connectivity index (χ4n) is 3.95. The Hall–Kier alpha value is -1.01. The molecule has 0 aromatic carbocycles. The Balaban J connectivity index is 0.00000156. The van der Waals surface area contributed by atoms with Crippen molar-refractivity contribution >= 4 is 23.7 Å². The molecule has 0 radical (unpaired) electrons. The maximum absolute atomic E-state index is 6.31. The number of pyridine rings is 1. The molecule has 0 spiro atoms. The molecule has 0 bridgehead atoms. The molecule has 1 saturated carbocycles. The SMILES string of the molecule is Cl.NC1CCCC2CN(Cc3csc(-c4ccccn4)n3)CC12. The monoisotopic (exact) mass is 350 g/mol. The van der Waals surface area contributed by atoms with Crippen molar-refractivity contribution in [3.8, 4) is 10.7 Å². The molecule has 4 rings (SSSR count). The van der Waals surface area contributed by atoms with E-state index in [1.165, 1.54) is 25.8 Å². The second kappa shape index (κ2) is 7.26. The van der Waals surface area contributed by atoms with Crippen molar-refractivity contribution in [2.45, 2.75) is 31.8 Å². The van der Waals surface area contributed by atoms with Crippen molar-refractivity contribution in [1.82, 2.24) is 14.9 Å². The van der Waals surface area contributed by atoms with E-state index in [2.05, 4.69) is 15.3 Å². The normalized spacial score (nSPS) is 27.4. The highest BCUT2D eigenvalue weighted by Gasteiger charge is 2.38. The third-order valence-electron chi connectivity index (χ3n) is 5.05. The van der Waals surface area contributed by atoms with Crippen molar-refractivity contribution in [2.75, 3.05) is 13.1 Å². The van der Waals surface area contributed by atoms with Gasteiger partial charge < -0.3 is 5.73 Å². The summed E-state index contributed by atoms with van der Waals surface area (Å²) in [5, 5.41) is 3.19. The van der Waals surface area contributed by atoms with Crippen molar-refractivity contribution in [3.63, 3.8) is 0 Å². The van der Waals surface area contributed by atoms with E-state index >= 15 is 0 Å². The smallest absolute Gasteiger partial charge is 0.142 e. The van der Waals surface area contributed by atoms with E-state index in [0.29, 0.717) is 12.0 Å². The van der Waals surface area contributed by atoms with Crippen LogP contribution in [0.15, 0.2) is 29.8 Å². The highest BCUT2D eigenvalue weighted by atomic mass is 35.5. The van der Waals surface area contributed by atoms with Gasteiger partial charge in [-0.2, -0.15) is 0 Å². The maximum Gasteiger partial charge on any atom is 0.142 e. The van der Waals surface area contributed by atoms with Crippen LogP contribution in [-0.2, 0) is 6.54 Å². The standard InChI is InChI=1S/C17H22N4S.ClH/c18-15-5-3-4-12-8-21(10-14(12)15)9-13-11-22-17(20-13)16-6-1-2-7-19-16;/h1-2,6-7,11-12,14-15H,3-5,8-10,18H2;1H. The summed E-state index contributed by atoms with van der Waals surface area (Å²) in [6.45, 7) is 3.28. The lowest BCUT2D eigenvalue weighted by Crippen LogP contribution is -2.38. The van der Waals surface area contributed by atoms with E-state index in [1.807, 2.05) is 24.4 Å². The van der Waals surface area contributed by atoms with Gasteiger partial charge in [0.2, 0.25) is 0 Å². The topological polar surface area (TPSA) is 55.0 Å². The summed E-state index contributed by atoms with van der Waals surface area (Å²) < 4.78 is 0. The second-order valence-corrected chi connectivity index (χ2v) is 7.43. The van der Waals surface area contributed by atoms with Gasteiger partial charge in [0.1, 0.15) is 5.01 Å². The lowest BCUT2D eigenvalue weighted by Gasteiger charge is -2.29. The van der Waals surface area contributed by atoms with Crippen LogP contribution in [0.5, 0.6) is 0 Å². The molecule has 2 aromatic rings. The van der Waals surface area contributed by atoms with Crippen LogP contribution in [0.25, 0.3) is 10.7 Å². The summed E-state index contributed by atoms with van der Waals surface area (Å²) in [6, 6.07) is 6.37. The number of aromatic nitrogens is 2. The number of likely N-dealkylation sites (tertiary alicyclic amines) is 1. The van der Waals surface area contributed by atoms with Gasteiger partial charge in [0.15, 0.2) is 0 Å². The molecule has 3 heterocycles. The minimum Gasteiger partial charge on any atom is -0.327 e. The van der Waals surface area contributed by atoms with Crippen molar-refractivity contribution < 1.29 is 0 Å². The number of nitrogens with zero attached hydrogens (tertiary/aromatic N) is 3. The molecule has 2 N–H and O–H groups in total.